The summed E-state index contributed by atoms with van der Waals surface area (Å²) in [7, 11) is 0. The number of carbonyl (C=O) groups excluding carboxylic acids is 1. The van der Waals surface area contributed by atoms with Crippen molar-refractivity contribution >= 4 is 12.4 Å². The van der Waals surface area contributed by atoms with Gasteiger partial charge in [-0.2, -0.15) is 0 Å². The summed E-state index contributed by atoms with van der Waals surface area (Å²) in [5, 5.41) is 18.8. The van der Waals surface area contributed by atoms with Crippen LogP contribution < -0.4 is 0 Å². The van der Waals surface area contributed by atoms with Crippen molar-refractivity contribution < 1.29 is 24.6 Å². The lowest BCUT2D eigenvalue weighted by atomic mass is 9.96. The molecule has 0 saturated heterocycles. The number of hydroxylamine groups is 2. The molecule has 21 heavy (non-hydrogen) atoms. The van der Waals surface area contributed by atoms with Gasteiger partial charge in [0.2, 0.25) is 6.41 Å². The molecule has 0 aliphatic rings. The van der Waals surface area contributed by atoms with Gasteiger partial charge in [-0.15, -0.1) is 0 Å². The van der Waals surface area contributed by atoms with Crippen LogP contribution >= 0.6 is 0 Å². The molecule has 2 atom stereocenters. The molecule has 1 aromatic carbocycles. The molecule has 0 aliphatic heterocycles. The largest absolute Gasteiger partial charge is 0.481 e. The van der Waals surface area contributed by atoms with E-state index < -0.39 is 17.9 Å². The van der Waals surface area contributed by atoms with Gasteiger partial charge >= 0.3 is 5.97 Å². The van der Waals surface area contributed by atoms with Gasteiger partial charge < -0.3 is 9.84 Å². The van der Waals surface area contributed by atoms with Gasteiger partial charge in [0.1, 0.15) is 0 Å². The van der Waals surface area contributed by atoms with Crippen LogP contribution in [-0.4, -0.2) is 40.4 Å². The van der Waals surface area contributed by atoms with Crippen LogP contribution in [0, 0.1) is 5.92 Å². The van der Waals surface area contributed by atoms with Crippen LogP contribution in [0.25, 0.3) is 0 Å². The van der Waals surface area contributed by atoms with Crippen LogP contribution in [0.4, 0.5) is 0 Å². The highest BCUT2D eigenvalue weighted by Crippen LogP contribution is 2.16. The average Bonchev–Trinajstić information content (AvgIpc) is 2.50. The third-order valence-corrected chi connectivity index (χ3v) is 3.34. The Morgan fingerprint density at radius 3 is 2.62 bits per heavy atom. The highest BCUT2D eigenvalue weighted by molar-refractivity contribution is 5.71. The second-order valence-corrected chi connectivity index (χ2v) is 4.85. The zero-order valence-corrected chi connectivity index (χ0v) is 12.0. The SMILES string of the molecule is C[C@@H]([C@@H](CCCOCc1ccccc1)C(=O)O)N(O)C=O. The lowest BCUT2D eigenvalue weighted by Crippen LogP contribution is -2.39. The molecule has 0 aromatic heterocycles. The summed E-state index contributed by atoms with van der Waals surface area (Å²) in [6.07, 6.45) is 1.09. The number of carboxylic acids is 1. The first-order valence-corrected chi connectivity index (χ1v) is 6.83. The fourth-order valence-electron chi connectivity index (χ4n) is 2.02. The molecule has 0 fully saturated rings. The van der Waals surface area contributed by atoms with E-state index in [1.54, 1.807) is 0 Å². The highest BCUT2D eigenvalue weighted by Gasteiger charge is 2.27. The van der Waals surface area contributed by atoms with Crippen molar-refractivity contribution in [3.63, 3.8) is 0 Å². The average molecular weight is 295 g/mol. The van der Waals surface area contributed by atoms with Gasteiger partial charge in [0.15, 0.2) is 0 Å². The van der Waals surface area contributed by atoms with E-state index >= 15 is 0 Å². The third kappa shape index (κ3) is 5.93. The Kier molecular flexibility index (Phi) is 7.42. The Balaban J connectivity index is 2.31. The Morgan fingerprint density at radius 2 is 2.05 bits per heavy atom. The van der Waals surface area contributed by atoms with Crippen LogP contribution in [0.3, 0.4) is 0 Å². The number of carboxylic acid groups (broad SMARTS) is 1. The summed E-state index contributed by atoms with van der Waals surface area (Å²) >= 11 is 0. The van der Waals surface area contributed by atoms with E-state index in [9.17, 15) is 14.8 Å². The molecule has 0 saturated carbocycles. The molecule has 1 aromatic rings. The first kappa shape index (κ1) is 17.1. The summed E-state index contributed by atoms with van der Waals surface area (Å²) in [6, 6.07) is 8.92. The molecule has 6 heteroatoms. The van der Waals surface area contributed by atoms with Crippen LogP contribution in [0.15, 0.2) is 30.3 Å². The van der Waals surface area contributed by atoms with Crippen LogP contribution in [0.5, 0.6) is 0 Å². The van der Waals surface area contributed by atoms with E-state index in [1.165, 1.54) is 6.92 Å². The van der Waals surface area contributed by atoms with Gasteiger partial charge in [0.05, 0.1) is 18.6 Å². The molecule has 1 amide bonds. The van der Waals surface area contributed by atoms with Gasteiger partial charge in [-0.1, -0.05) is 30.3 Å². The number of hydrogen-bond acceptors (Lipinski definition) is 4. The van der Waals surface area contributed by atoms with Gasteiger partial charge in [-0.25, -0.2) is 5.06 Å². The lowest BCUT2D eigenvalue weighted by molar-refractivity contribution is -0.170. The maximum atomic E-state index is 11.2. The molecule has 0 spiro atoms. The van der Waals surface area contributed by atoms with E-state index in [1.807, 2.05) is 30.3 Å². The van der Waals surface area contributed by atoms with Crippen LogP contribution in [0.1, 0.15) is 25.3 Å². The minimum absolute atomic E-state index is 0.215. The number of ether oxygens (including phenoxy) is 1. The zero-order valence-electron chi connectivity index (χ0n) is 12.0. The number of aliphatic carboxylic acids is 1. The van der Waals surface area contributed by atoms with Crippen molar-refractivity contribution in [2.24, 2.45) is 5.92 Å². The Hall–Kier alpha value is -1.92. The number of amides is 1. The third-order valence-electron chi connectivity index (χ3n) is 3.34. The zero-order chi connectivity index (χ0) is 15.7. The number of rotatable bonds is 10. The topological polar surface area (TPSA) is 87.1 Å². The highest BCUT2D eigenvalue weighted by atomic mass is 16.5. The standard InChI is InChI=1S/C15H21NO5/c1-12(16(20)11-17)14(15(18)19)8-5-9-21-10-13-6-3-2-4-7-13/h2-4,6-7,11-12,14,20H,5,8-10H2,1H3,(H,18,19)/t12-,14+/m0/s1. The molecule has 1 rings (SSSR count). The fraction of sp³-hybridized carbons (Fsp3) is 0.467. The number of carbonyl (C=O) groups is 2. The summed E-state index contributed by atoms with van der Waals surface area (Å²) in [6.45, 7) is 2.41. The van der Waals surface area contributed by atoms with E-state index in [-0.39, 0.29) is 6.41 Å². The van der Waals surface area contributed by atoms with Crippen LogP contribution in [0.2, 0.25) is 0 Å². The maximum absolute atomic E-state index is 11.2. The molecule has 116 valence electrons. The van der Waals surface area contributed by atoms with E-state index in [4.69, 9.17) is 9.84 Å². The number of benzene rings is 1. The summed E-state index contributed by atoms with van der Waals surface area (Å²) < 4.78 is 5.48. The van der Waals surface area contributed by atoms with Crippen molar-refractivity contribution in [1.82, 2.24) is 5.06 Å². The monoisotopic (exact) mass is 295 g/mol. The molecule has 0 heterocycles. The quantitative estimate of drug-likeness (QED) is 0.298. The summed E-state index contributed by atoms with van der Waals surface area (Å²) in [5.41, 5.74) is 1.06. The first-order chi connectivity index (χ1) is 10.1. The van der Waals surface area contributed by atoms with E-state index in [0.717, 1.165) is 5.56 Å². The summed E-state index contributed by atoms with van der Waals surface area (Å²) in [5.74, 6) is -1.85. The normalized spacial score (nSPS) is 13.4. The second-order valence-electron chi connectivity index (χ2n) is 4.85. The molecule has 2 N–H and O–H groups in total. The number of hydrogen-bond donors (Lipinski definition) is 2. The smallest absolute Gasteiger partial charge is 0.308 e. The first-order valence-electron chi connectivity index (χ1n) is 6.83. The minimum Gasteiger partial charge on any atom is -0.481 e. The molecule has 0 radical (unpaired) electrons. The van der Waals surface area contributed by atoms with Gasteiger partial charge in [0, 0.05) is 6.61 Å². The van der Waals surface area contributed by atoms with E-state index in [0.29, 0.717) is 31.1 Å². The second kappa shape index (κ2) is 9.10. The van der Waals surface area contributed by atoms with Crippen LogP contribution in [-0.2, 0) is 20.9 Å². The molecule has 0 bridgehead atoms. The lowest BCUT2D eigenvalue weighted by Gasteiger charge is -2.24. The van der Waals surface area contributed by atoms with Gasteiger partial charge in [-0.05, 0) is 25.3 Å². The van der Waals surface area contributed by atoms with Crippen molar-refractivity contribution in [1.29, 1.82) is 0 Å². The van der Waals surface area contributed by atoms with Gasteiger partial charge in [0.25, 0.3) is 0 Å². The van der Waals surface area contributed by atoms with E-state index in [2.05, 4.69) is 0 Å². The molecular weight excluding hydrogens is 274 g/mol. The van der Waals surface area contributed by atoms with Gasteiger partial charge in [-0.3, -0.25) is 14.8 Å². The molecule has 0 unspecified atom stereocenters. The maximum Gasteiger partial charge on any atom is 0.308 e. The fourth-order valence-corrected chi connectivity index (χ4v) is 2.02. The number of nitrogens with zero attached hydrogens (tertiary/aromatic N) is 1. The molecular formula is C15H21NO5. The predicted molar refractivity (Wildman–Crippen MR) is 75.6 cm³/mol. The van der Waals surface area contributed by atoms with Crippen molar-refractivity contribution in [2.75, 3.05) is 6.61 Å². The molecule has 0 aliphatic carbocycles. The molecule has 6 nitrogen and oxygen atoms in total. The summed E-state index contributed by atoms with van der Waals surface area (Å²) in [4.78, 5) is 21.6. The van der Waals surface area contributed by atoms with Crippen molar-refractivity contribution in [3.8, 4) is 0 Å². The minimum atomic E-state index is -1.04. The predicted octanol–water partition coefficient (Wildman–Crippen LogP) is 1.92. The Labute approximate surface area is 123 Å². The van der Waals surface area contributed by atoms with Crippen molar-refractivity contribution in [2.45, 2.75) is 32.4 Å². The Morgan fingerprint density at radius 1 is 1.38 bits per heavy atom. The Bertz CT molecular complexity index is 437. The van der Waals surface area contributed by atoms with Crippen molar-refractivity contribution in [3.05, 3.63) is 35.9 Å².